The fourth-order valence-corrected chi connectivity index (χ4v) is 4.32. The van der Waals surface area contributed by atoms with Gasteiger partial charge in [-0.05, 0) is 23.8 Å². The molecule has 4 rings (SSSR count). The lowest BCUT2D eigenvalue weighted by Crippen LogP contribution is -2.24. The molecule has 2 aromatic carbocycles. The predicted octanol–water partition coefficient (Wildman–Crippen LogP) is 4.88. The average molecular weight is 490 g/mol. The van der Waals surface area contributed by atoms with Gasteiger partial charge < -0.3 is 4.90 Å². The monoisotopic (exact) mass is 489 g/mol. The Morgan fingerprint density at radius 1 is 1.09 bits per heavy atom. The summed E-state index contributed by atoms with van der Waals surface area (Å²) in [5.74, 6) is -1.07. The Labute approximate surface area is 206 Å². The van der Waals surface area contributed by atoms with E-state index in [0.717, 1.165) is 11.1 Å². The Kier molecular flexibility index (Phi) is 7.47. The molecular weight excluding hydrogens is 465 g/mol. The normalized spacial score (nSPS) is 11.1. The van der Waals surface area contributed by atoms with Crippen molar-refractivity contribution in [3.63, 3.8) is 0 Å². The third-order valence-corrected chi connectivity index (χ3v) is 6.02. The highest BCUT2D eigenvalue weighted by Crippen LogP contribution is 2.31. The van der Waals surface area contributed by atoms with Crippen molar-refractivity contribution >= 4 is 40.0 Å². The standard InChI is InChI=1S/C26H24FN5O2S/c1-19(33)32(24-11-7-6-10-23(24)27)26-29-22(18-35-26)12-13-25(34)30(2)15-21-14-28-31(17-21)16-20-8-4-3-5-9-20/h3-14,17-18H,15-16H2,1-2H3/b13-12+. The lowest BCUT2D eigenvalue weighted by Gasteiger charge is -2.18. The van der Waals surface area contributed by atoms with Crippen LogP contribution in [0, 0.1) is 5.82 Å². The van der Waals surface area contributed by atoms with Crippen LogP contribution in [0.1, 0.15) is 23.7 Å². The van der Waals surface area contributed by atoms with Crippen molar-refractivity contribution in [1.82, 2.24) is 19.7 Å². The van der Waals surface area contributed by atoms with Crippen molar-refractivity contribution in [3.8, 4) is 0 Å². The highest BCUT2D eigenvalue weighted by Gasteiger charge is 2.20. The van der Waals surface area contributed by atoms with Crippen LogP contribution in [-0.4, -0.2) is 38.5 Å². The topological polar surface area (TPSA) is 71.3 Å². The molecular formula is C26H24FN5O2S. The van der Waals surface area contributed by atoms with Crippen LogP contribution in [0.3, 0.4) is 0 Å². The van der Waals surface area contributed by atoms with Crippen molar-refractivity contribution in [2.24, 2.45) is 0 Å². The van der Waals surface area contributed by atoms with E-state index in [1.54, 1.807) is 41.7 Å². The number of hydrogen-bond acceptors (Lipinski definition) is 5. The van der Waals surface area contributed by atoms with Gasteiger partial charge in [0.25, 0.3) is 0 Å². The second kappa shape index (κ2) is 10.9. The van der Waals surface area contributed by atoms with Gasteiger partial charge in [-0.1, -0.05) is 42.5 Å². The van der Waals surface area contributed by atoms with Gasteiger partial charge in [0.15, 0.2) is 5.13 Å². The quantitative estimate of drug-likeness (QED) is 0.331. The van der Waals surface area contributed by atoms with Gasteiger partial charge in [0.2, 0.25) is 11.8 Å². The maximum atomic E-state index is 14.2. The van der Waals surface area contributed by atoms with Gasteiger partial charge in [-0.2, -0.15) is 5.10 Å². The van der Waals surface area contributed by atoms with Crippen molar-refractivity contribution in [1.29, 1.82) is 0 Å². The SMILES string of the molecule is CC(=O)N(c1nc(/C=C/C(=O)N(C)Cc2cnn(Cc3ccccc3)c2)cs1)c1ccccc1F. The largest absolute Gasteiger partial charge is 0.338 e. The number of benzene rings is 2. The Balaban J connectivity index is 1.38. The fourth-order valence-electron chi connectivity index (χ4n) is 3.48. The van der Waals surface area contributed by atoms with Gasteiger partial charge in [0.05, 0.1) is 24.1 Å². The molecule has 0 unspecified atom stereocenters. The van der Waals surface area contributed by atoms with Gasteiger partial charge in [-0.25, -0.2) is 9.37 Å². The first-order valence-corrected chi connectivity index (χ1v) is 11.8. The summed E-state index contributed by atoms with van der Waals surface area (Å²) in [7, 11) is 1.71. The summed E-state index contributed by atoms with van der Waals surface area (Å²) >= 11 is 1.20. The summed E-state index contributed by atoms with van der Waals surface area (Å²) in [6, 6.07) is 16.1. The zero-order valence-corrected chi connectivity index (χ0v) is 20.2. The number of halogens is 1. The highest BCUT2D eigenvalue weighted by molar-refractivity contribution is 7.14. The van der Waals surface area contributed by atoms with Crippen LogP contribution in [0.25, 0.3) is 6.08 Å². The number of nitrogens with zero attached hydrogens (tertiary/aromatic N) is 5. The Hall–Kier alpha value is -4.11. The fraction of sp³-hybridized carbons (Fsp3) is 0.154. The number of hydrogen-bond donors (Lipinski definition) is 0. The first-order valence-electron chi connectivity index (χ1n) is 10.9. The highest BCUT2D eigenvalue weighted by atomic mass is 32.1. The molecule has 0 aliphatic heterocycles. The molecule has 0 bridgehead atoms. The first kappa shape index (κ1) is 24.0. The number of amides is 2. The number of thiazole rings is 1. The van der Waals surface area contributed by atoms with Crippen LogP contribution in [0.15, 0.2) is 78.4 Å². The molecule has 35 heavy (non-hydrogen) atoms. The van der Waals surface area contributed by atoms with Crippen LogP contribution >= 0.6 is 11.3 Å². The molecule has 0 aliphatic rings. The third-order valence-electron chi connectivity index (χ3n) is 5.18. The predicted molar refractivity (Wildman–Crippen MR) is 135 cm³/mol. The minimum atomic E-state index is -0.515. The number of likely N-dealkylation sites (N-methyl/N-ethyl adjacent to an activating group) is 1. The molecule has 0 saturated heterocycles. The lowest BCUT2D eigenvalue weighted by molar-refractivity contribution is -0.125. The van der Waals surface area contributed by atoms with Crippen molar-refractivity contribution in [2.45, 2.75) is 20.0 Å². The van der Waals surface area contributed by atoms with E-state index in [0.29, 0.717) is 23.9 Å². The Bertz CT molecular complexity index is 1350. The number of carbonyl (C=O) groups is 2. The molecule has 2 amide bonds. The number of para-hydroxylation sites is 1. The van der Waals surface area contributed by atoms with E-state index in [-0.39, 0.29) is 17.5 Å². The number of carbonyl (C=O) groups excluding carboxylic acids is 2. The van der Waals surface area contributed by atoms with E-state index in [4.69, 9.17) is 0 Å². The van der Waals surface area contributed by atoms with Gasteiger partial charge in [0.1, 0.15) is 5.82 Å². The summed E-state index contributed by atoms with van der Waals surface area (Å²) in [5.41, 5.74) is 2.71. The molecule has 9 heteroatoms. The summed E-state index contributed by atoms with van der Waals surface area (Å²) in [6.45, 7) is 2.42. The van der Waals surface area contributed by atoms with Crippen LogP contribution in [0.5, 0.6) is 0 Å². The minimum Gasteiger partial charge on any atom is -0.338 e. The summed E-state index contributed by atoms with van der Waals surface area (Å²) in [6.07, 6.45) is 6.68. The van der Waals surface area contributed by atoms with Crippen molar-refractivity contribution in [2.75, 3.05) is 11.9 Å². The minimum absolute atomic E-state index is 0.133. The summed E-state index contributed by atoms with van der Waals surface area (Å²) in [4.78, 5) is 32.0. The second-order valence-corrected chi connectivity index (χ2v) is 8.76. The summed E-state index contributed by atoms with van der Waals surface area (Å²) < 4.78 is 16.1. The van der Waals surface area contributed by atoms with Gasteiger partial charge >= 0.3 is 0 Å². The second-order valence-electron chi connectivity index (χ2n) is 7.92. The van der Waals surface area contributed by atoms with Crippen LogP contribution in [-0.2, 0) is 22.7 Å². The lowest BCUT2D eigenvalue weighted by atomic mass is 10.2. The molecule has 0 N–H and O–H groups in total. The zero-order chi connectivity index (χ0) is 24.8. The number of anilines is 2. The summed E-state index contributed by atoms with van der Waals surface area (Å²) in [5, 5.41) is 6.41. The molecule has 4 aromatic rings. The van der Waals surface area contributed by atoms with E-state index in [1.807, 2.05) is 41.2 Å². The van der Waals surface area contributed by atoms with E-state index >= 15 is 0 Å². The smallest absolute Gasteiger partial charge is 0.246 e. The van der Waals surface area contributed by atoms with Crippen molar-refractivity contribution in [3.05, 3.63) is 101 Å². The van der Waals surface area contributed by atoms with Crippen LogP contribution in [0.2, 0.25) is 0 Å². The molecule has 0 atom stereocenters. The Morgan fingerprint density at radius 2 is 1.83 bits per heavy atom. The first-order chi connectivity index (χ1) is 16.9. The molecule has 0 fully saturated rings. The molecule has 0 radical (unpaired) electrons. The van der Waals surface area contributed by atoms with E-state index in [2.05, 4.69) is 10.1 Å². The van der Waals surface area contributed by atoms with Crippen molar-refractivity contribution < 1.29 is 14.0 Å². The van der Waals surface area contributed by atoms with E-state index in [1.165, 1.54) is 41.4 Å². The molecule has 2 aromatic heterocycles. The van der Waals surface area contributed by atoms with Gasteiger partial charge in [-0.15, -0.1) is 11.3 Å². The zero-order valence-electron chi connectivity index (χ0n) is 19.3. The van der Waals surface area contributed by atoms with Crippen LogP contribution in [0.4, 0.5) is 15.2 Å². The molecule has 2 heterocycles. The van der Waals surface area contributed by atoms with E-state index in [9.17, 15) is 14.0 Å². The van der Waals surface area contributed by atoms with Gasteiger partial charge in [-0.3, -0.25) is 19.2 Å². The van der Waals surface area contributed by atoms with E-state index < -0.39 is 5.82 Å². The van der Waals surface area contributed by atoms with Crippen LogP contribution < -0.4 is 4.90 Å². The van der Waals surface area contributed by atoms with Gasteiger partial charge in [0, 0.05) is 43.7 Å². The maximum Gasteiger partial charge on any atom is 0.246 e. The molecule has 0 saturated carbocycles. The number of aromatic nitrogens is 3. The molecule has 0 aliphatic carbocycles. The number of rotatable bonds is 8. The maximum absolute atomic E-state index is 14.2. The Morgan fingerprint density at radius 3 is 2.57 bits per heavy atom. The third kappa shape index (κ3) is 6.07. The molecule has 178 valence electrons. The molecule has 0 spiro atoms. The average Bonchev–Trinajstić information content (AvgIpc) is 3.49. The molecule has 7 nitrogen and oxygen atoms in total.